The second-order valence-corrected chi connectivity index (χ2v) is 9.03. The van der Waals surface area contributed by atoms with Gasteiger partial charge in [0.2, 0.25) is 0 Å². The maximum atomic E-state index is 12.6. The summed E-state index contributed by atoms with van der Waals surface area (Å²) in [6, 6.07) is 19.6. The number of methoxy groups -OCH3 is 4. The molecule has 0 unspecified atom stereocenters. The first-order valence-electron chi connectivity index (χ1n) is 12.3. The van der Waals surface area contributed by atoms with Crippen LogP contribution in [0.2, 0.25) is 0 Å². The summed E-state index contributed by atoms with van der Waals surface area (Å²) in [6.07, 6.45) is 2.04. The van der Waals surface area contributed by atoms with Crippen LogP contribution in [0.4, 0.5) is 0 Å². The largest absolute Gasteiger partial charge is 0.497 e. The van der Waals surface area contributed by atoms with Crippen LogP contribution in [-0.2, 0) is 28.8 Å². The molecule has 0 amide bonds. The zero-order valence-electron chi connectivity index (χ0n) is 21.8. The molecule has 0 spiro atoms. The lowest BCUT2D eigenvalue weighted by molar-refractivity contribution is -0.141. The molecule has 7 nitrogen and oxygen atoms in total. The Hall–Kier alpha value is -3.87. The molecule has 7 heteroatoms. The van der Waals surface area contributed by atoms with Crippen molar-refractivity contribution >= 4 is 5.97 Å². The minimum atomic E-state index is -0.236. The summed E-state index contributed by atoms with van der Waals surface area (Å²) >= 11 is 0. The summed E-state index contributed by atoms with van der Waals surface area (Å²) in [5.41, 5.74) is 3.24. The number of carbonyl (C=O) groups excluding carboxylic acids is 1. The number of benzene rings is 3. The molecule has 0 radical (unpaired) electrons. The van der Waals surface area contributed by atoms with Crippen molar-refractivity contribution < 1.29 is 33.2 Å². The molecule has 1 fully saturated rings. The summed E-state index contributed by atoms with van der Waals surface area (Å²) in [5, 5.41) is 0. The number of esters is 1. The molecule has 196 valence electrons. The minimum absolute atomic E-state index is 0.0667. The van der Waals surface area contributed by atoms with Crippen molar-refractivity contribution in [2.24, 2.45) is 11.8 Å². The van der Waals surface area contributed by atoms with Gasteiger partial charge >= 0.3 is 5.97 Å². The van der Waals surface area contributed by atoms with Gasteiger partial charge in [-0.2, -0.15) is 0 Å². The molecule has 37 heavy (non-hydrogen) atoms. The van der Waals surface area contributed by atoms with Gasteiger partial charge in [-0.3, -0.25) is 4.79 Å². The number of rotatable bonds is 12. The van der Waals surface area contributed by atoms with Crippen molar-refractivity contribution in [3.63, 3.8) is 0 Å². The lowest BCUT2D eigenvalue weighted by atomic mass is 9.85. The molecule has 0 bridgehead atoms. The smallest absolute Gasteiger partial charge is 0.309 e. The van der Waals surface area contributed by atoms with E-state index in [1.165, 1.54) is 0 Å². The van der Waals surface area contributed by atoms with Gasteiger partial charge in [0.1, 0.15) is 5.75 Å². The second kappa shape index (κ2) is 12.4. The molecule has 0 N–H and O–H groups in total. The maximum Gasteiger partial charge on any atom is 0.309 e. The van der Waals surface area contributed by atoms with E-state index < -0.39 is 0 Å². The zero-order valence-corrected chi connectivity index (χ0v) is 21.8. The number of ether oxygens (including phenoxy) is 6. The van der Waals surface area contributed by atoms with E-state index in [-0.39, 0.29) is 17.8 Å². The molecular weight excluding hydrogens is 472 g/mol. The lowest BCUT2D eigenvalue weighted by Crippen LogP contribution is -2.20. The molecule has 1 heterocycles. The van der Waals surface area contributed by atoms with Crippen LogP contribution in [0.25, 0.3) is 0 Å². The van der Waals surface area contributed by atoms with Gasteiger partial charge in [-0.25, -0.2) is 0 Å². The quantitative estimate of drug-likeness (QED) is 0.323. The fourth-order valence-corrected chi connectivity index (χ4v) is 4.65. The Morgan fingerprint density at radius 2 is 1.30 bits per heavy atom. The van der Waals surface area contributed by atoms with Gasteiger partial charge in [0.25, 0.3) is 0 Å². The van der Waals surface area contributed by atoms with Crippen molar-refractivity contribution in [2.75, 3.05) is 41.7 Å². The molecule has 4 rings (SSSR count). The van der Waals surface area contributed by atoms with E-state index in [1.807, 2.05) is 60.7 Å². The topological polar surface area (TPSA) is 72.5 Å². The molecule has 3 aromatic carbocycles. The van der Waals surface area contributed by atoms with E-state index in [2.05, 4.69) is 0 Å². The maximum absolute atomic E-state index is 12.6. The summed E-state index contributed by atoms with van der Waals surface area (Å²) in [7, 11) is 6.51. The van der Waals surface area contributed by atoms with Crippen LogP contribution in [0.1, 0.15) is 16.7 Å². The van der Waals surface area contributed by atoms with E-state index >= 15 is 0 Å². The van der Waals surface area contributed by atoms with Crippen LogP contribution < -0.4 is 23.7 Å². The van der Waals surface area contributed by atoms with Crippen LogP contribution in [0, 0.1) is 11.8 Å². The molecule has 0 saturated carbocycles. The summed E-state index contributed by atoms with van der Waals surface area (Å²) in [6.45, 7) is 0.923. The Morgan fingerprint density at radius 1 is 0.703 bits per heavy atom. The first kappa shape index (κ1) is 26.2. The molecule has 2 atom stereocenters. The molecule has 1 saturated heterocycles. The highest BCUT2D eigenvalue weighted by atomic mass is 16.5. The molecule has 0 aromatic heterocycles. The van der Waals surface area contributed by atoms with Crippen molar-refractivity contribution in [3.05, 3.63) is 77.4 Å². The van der Waals surface area contributed by atoms with Gasteiger partial charge in [-0.05, 0) is 65.9 Å². The third-order valence-corrected chi connectivity index (χ3v) is 6.75. The Balaban J connectivity index is 1.39. The fourth-order valence-electron chi connectivity index (χ4n) is 4.65. The lowest BCUT2D eigenvalue weighted by Gasteiger charge is -2.18. The zero-order chi connectivity index (χ0) is 26.2. The standard InChI is InChI=1S/C30H34O7/c1-32-24-9-5-20(6-10-24)13-14-36-27-12-8-22(18-29(27)35-4)16-25-23(19-37-30(25)31)15-21-7-11-26(33-2)28(17-21)34-3/h5-12,17-18,23,25H,13-16,19H2,1-4H3/t23-,25+/m0/s1. The van der Waals surface area contributed by atoms with Crippen LogP contribution in [0.3, 0.4) is 0 Å². The van der Waals surface area contributed by atoms with Crippen LogP contribution in [-0.4, -0.2) is 47.6 Å². The Labute approximate surface area is 218 Å². The fraction of sp³-hybridized carbons (Fsp3) is 0.367. The third kappa shape index (κ3) is 6.47. The summed E-state index contributed by atoms with van der Waals surface area (Å²) in [5.74, 6) is 3.18. The van der Waals surface area contributed by atoms with E-state index in [0.29, 0.717) is 49.1 Å². The van der Waals surface area contributed by atoms with E-state index in [0.717, 1.165) is 28.9 Å². The predicted molar refractivity (Wildman–Crippen MR) is 140 cm³/mol. The van der Waals surface area contributed by atoms with Gasteiger partial charge in [0, 0.05) is 12.3 Å². The van der Waals surface area contributed by atoms with Crippen LogP contribution in [0.15, 0.2) is 60.7 Å². The van der Waals surface area contributed by atoms with E-state index in [4.69, 9.17) is 28.4 Å². The van der Waals surface area contributed by atoms with Gasteiger partial charge in [0.05, 0.1) is 47.6 Å². The second-order valence-electron chi connectivity index (χ2n) is 9.03. The monoisotopic (exact) mass is 506 g/mol. The van der Waals surface area contributed by atoms with Crippen LogP contribution in [0.5, 0.6) is 28.7 Å². The molecule has 1 aliphatic heterocycles. The average Bonchev–Trinajstić information content (AvgIpc) is 3.27. The van der Waals surface area contributed by atoms with Gasteiger partial charge < -0.3 is 28.4 Å². The summed E-state index contributed by atoms with van der Waals surface area (Å²) < 4.78 is 33.0. The van der Waals surface area contributed by atoms with E-state index in [1.54, 1.807) is 28.4 Å². The highest BCUT2D eigenvalue weighted by Gasteiger charge is 2.37. The van der Waals surface area contributed by atoms with Crippen molar-refractivity contribution in [1.82, 2.24) is 0 Å². The van der Waals surface area contributed by atoms with Gasteiger partial charge in [-0.1, -0.05) is 24.3 Å². The Morgan fingerprint density at radius 3 is 1.95 bits per heavy atom. The number of cyclic esters (lactones) is 1. The van der Waals surface area contributed by atoms with Crippen LogP contribution >= 0.6 is 0 Å². The Bertz CT molecular complexity index is 1190. The number of hydrogen-bond donors (Lipinski definition) is 0. The predicted octanol–water partition coefficient (Wildman–Crippen LogP) is 4.92. The number of hydrogen-bond acceptors (Lipinski definition) is 7. The molecule has 1 aliphatic rings. The van der Waals surface area contributed by atoms with Crippen molar-refractivity contribution in [1.29, 1.82) is 0 Å². The Kier molecular flexibility index (Phi) is 8.77. The minimum Gasteiger partial charge on any atom is -0.497 e. The third-order valence-electron chi connectivity index (χ3n) is 6.75. The van der Waals surface area contributed by atoms with Crippen molar-refractivity contribution in [3.8, 4) is 28.7 Å². The first-order chi connectivity index (χ1) is 18.0. The molecule has 3 aromatic rings. The van der Waals surface area contributed by atoms with Crippen molar-refractivity contribution in [2.45, 2.75) is 19.3 Å². The van der Waals surface area contributed by atoms with Gasteiger partial charge in [0.15, 0.2) is 23.0 Å². The molecule has 0 aliphatic carbocycles. The highest BCUT2D eigenvalue weighted by Crippen LogP contribution is 2.35. The summed E-state index contributed by atoms with van der Waals surface area (Å²) in [4.78, 5) is 12.6. The highest BCUT2D eigenvalue weighted by molar-refractivity contribution is 5.75. The average molecular weight is 507 g/mol. The normalized spacial score (nSPS) is 16.7. The first-order valence-corrected chi connectivity index (χ1v) is 12.3. The van der Waals surface area contributed by atoms with Gasteiger partial charge in [-0.15, -0.1) is 0 Å². The number of carbonyl (C=O) groups is 1. The molecular formula is C30H34O7. The van der Waals surface area contributed by atoms with E-state index in [9.17, 15) is 4.79 Å². The SMILES string of the molecule is COc1ccc(CCOc2ccc(C[C@H]3C(=O)OC[C@@H]3Cc3ccc(OC)c(OC)c3)cc2OC)cc1.